The van der Waals surface area contributed by atoms with Crippen LogP contribution in [0.5, 0.6) is 0 Å². The van der Waals surface area contributed by atoms with Gasteiger partial charge in [0.2, 0.25) is 0 Å². The number of rotatable bonds is 4. The van der Waals surface area contributed by atoms with Crippen molar-refractivity contribution in [1.82, 2.24) is 5.32 Å². The molecule has 0 saturated carbocycles. The standard InChI is InChI=1S/C13H17BrClNO/c1-2-16-8-10-5-6-17-13(10)9-3-4-11(14)12(15)7-9/h3-4,7,10,13,16H,2,5-6,8H2,1H3. The summed E-state index contributed by atoms with van der Waals surface area (Å²) in [4.78, 5) is 0. The Balaban J connectivity index is 2.11. The number of halogens is 2. The third kappa shape index (κ3) is 3.22. The van der Waals surface area contributed by atoms with Gasteiger partial charge in [-0.1, -0.05) is 24.6 Å². The van der Waals surface area contributed by atoms with Gasteiger partial charge in [-0.3, -0.25) is 0 Å². The van der Waals surface area contributed by atoms with E-state index in [0.717, 1.165) is 35.6 Å². The fraction of sp³-hybridized carbons (Fsp3) is 0.538. The zero-order valence-electron chi connectivity index (χ0n) is 9.88. The minimum atomic E-state index is 0.180. The number of nitrogens with one attached hydrogen (secondary N) is 1. The summed E-state index contributed by atoms with van der Waals surface area (Å²) >= 11 is 9.54. The van der Waals surface area contributed by atoms with E-state index in [1.165, 1.54) is 5.56 Å². The summed E-state index contributed by atoms with van der Waals surface area (Å²) in [5.41, 5.74) is 1.18. The lowest BCUT2D eigenvalue weighted by Gasteiger charge is -2.19. The van der Waals surface area contributed by atoms with E-state index in [0.29, 0.717) is 5.92 Å². The molecule has 0 amide bonds. The van der Waals surface area contributed by atoms with Gasteiger partial charge in [0, 0.05) is 23.5 Å². The highest BCUT2D eigenvalue weighted by Crippen LogP contribution is 2.36. The highest BCUT2D eigenvalue weighted by atomic mass is 79.9. The SMILES string of the molecule is CCNCC1CCOC1c1ccc(Br)c(Cl)c1. The van der Waals surface area contributed by atoms with Gasteiger partial charge in [0.1, 0.15) is 0 Å². The van der Waals surface area contributed by atoms with Crippen molar-refractivity contribution in [3.8, 4) is 0 Å². The maximum Gasteiger partial charge on any atom is 0.0866 e. The van der Waals surface area contributed by atoms with Gasteiger partial charge < -0.3 is 10.1 Å². The van der Waals surface area contributed by atoms with Crippen molar-refractivity contribution >= 4 is 27.5 Å². The van der Waals surface area contributed by atoms with Crippen molar-refractivity contribution in [2.75, 3.05) is 19.7 Å². The Hall–Kier alpha value is -0.0900. The third-order valence-electron chi connectivity index (χ3n) is 3.14. The molecule has 0 spiro atoms. The van der Waals surface area contributed by atoms with Gasteiger partial charge in [0.25, 0.3) is 0 Å². The lowest BCUT2D eigenvalue weighted by molar-refractivity contribution is 0.0906. The summed E-state index contributed by atoms with van der Waals surface area (Å²) in [7, 11) is 0. The van der Waals surface area contributed by atoms with E-state index in [-0.39, 0.29) is 6.10 Å². The van der Waals surface area contributed by atoms with Gasteiger partial charge in [0.15, 0.2) is 0 Å². The molecule has 1 aliphatic heterocycles. The van der Waals surface area contributed by atoms with Crippen molar-refractivity contribution in [1.29, 1.82) is 0 Å². The molecule has 94 valence electrons. The molecule has 2 nitrogen and oxygen atoms in total. The first-order valence-electron chi connectivity index (χ1n) is 5.99. The first-order chi connectivity index (χ1) is 8.22. The molecule has 0 aliphatic carbocycles. The second kappa shape index (κ2) is 6.19. The average molecular weight is 319 g/mol. The molecule has 17 heavy (non-hydrogen) atoms. The fourth-order valence-electron chi connectivity index (χ4n) is 2.23. The summed E-state index contributed by atoms with van der Waals surface area (Å²) in [6.07, 6.45) is 1.30. The third-order valence-corrected chi connectivity index (χ3v) is 4.38. The zero-order valence-corrected chi connectivity index (χ0v) is 12.2. The summed E-state index contributed by atoms with van der Waals surface area (Å²) in [6.45, 7) is 4.98. The Morgan fingerprint density at radius 2 is 2.35 bits per heavy atom. The second-order valence-electron chi connectivity index (χ2n) is 4.32. The van der Waals surface area contributed by atoms with Crippen molar-refractivity contribution in [2.45, 2.75) is 19.4 Å². The van der Waals surface area contributed by atoms with Crippen LogP contribution in [0.3, 0.4) is 0 Å². The molecule has 2 unspecified atom stereocenters. The van der Waals surface area contributed by atoms with Gasteiger partial charge in [-0.05, 0) is 46.6 Å². The van der Waals surface area contributed by atoms with Crippen LogP contribution in [0.4, 0.5) is 0 Å². The van der Waals surface area contributed by atoms with Crippen LogP contribution in [0.25, 0.3) is 0 Å². The molecule has 2 rings (SSSR count). The highest BCUT2D eigenvalue weighted by Gasteiger charge is 2.29. The maximum atomic E-state index is 6.13. The van der Waals surface area contributed by atoms with E-state index in [9.17, 15) is 0 Å². The lowest BCUT2D eigenvalue weighted by Crippen LogP contribution is -2.24. The first kappa shape index (κ1) is 13.3. The molecule has 2 atom stereocenters. The highest BCUT2D eigenvalue weighted by molar-refractivity contribution is 9.10. The van der Waals surface area contributed by atoms with Crippen LogP contribution in [0.15, 0.2) is 22.7 Å². The molecule has 1 aliphatic rings. The van der Waals surface area contributed by atoms with E-state index < -0.39 is 0 Å². The number of hydrogen-bond donors (Lipinski definition) is 1. The molecule has 1 aromatic carbocycles. The van der Waals surface area contributed by atoms with Crippen LogP contribution in [0.1, 0.15) is 25.0 Å². The quantitative estimate of drug-likeness (QED) is 0.912. The van der Waals surface area contributed by atoms with Gasteiger partial charge in [-0.15, -0.1) is 0 Å². The van der Waals surface area contributed by atoms with E-state index in [1.807, 2.05) is 12.1 Å². The van der Waals surface area contributed by atoms with E-state index in [2.05, 4.69) is 34.2 Å². The van der Waals surface area contributed by atoms with Crippen LogP contribution >= 0.6 is 27.5 Å². The molecule has 1 heterocycles. The van der Waals surface area contributed by atoms with Gasteiger partial charge in [-0.25, -0.2) is 0 Å². The number of benzene rings is 1. The molecule has 0 aromatic heterocycles. The van der Waals surface area contributed by atoms with Gasteiger partial charge in [0.05, 0.1) is 11.1 Å². The fourth-order valence-corrected chi connectivity index (χ4v) is 2.67. The molecule has 0 radical (unpaired) electrons. The Morgan fingerprint density at radius 1 is 1.53 bits per heavy atom. The normalized spacial score (nSPS) is 24.2. The molecule has 1 aromatic rings. The predicted molar refractivity (Wildman–Crippen MR) is 74.5 cm³/mol. The van der Waals surface area contributed by atoms with Gasteiger partial charge >= 0.3 is 0 Å². The molecule has 4 heteroatoms. The Labute approximate surface area is 116 Å². The van der Waals surface area contributed by atoms with Crippen molar-refractivity contribution in [3.05, 3.63) is 33.3 Å². The lowest BCUT2D eigenvalue weighted by atomic mass is 9.95. The van der Waals surface area contributed by atoms with Crippen molar-refractivity contribution in [3.63, 3.8) is 0 Å². The molecular weight excluding hydrogens is 302 g/mol. The van der Waals surface area contributed by atoms with E-state index in [4.69, 9.17) is 16.3 Å². The van der Waals surface area contributed by atoms with Crippen molar-refractivity contribution in [2.24, 2.45) is 5.92 Å². The van der Waals surface area contributed by atoms with Crippen LogP contribution in [-0.4, -0.2) is 19.7 Å². The van der Waals surface area contributed by atoms with E-state index in [1.54, 1.807) is 0 Å². The summed E-state index contributed by atoms with van der Waals surface area (Å²) in [6, 6.07) is 6.08. The monoisotopic (exact) mass is 317 g/mol. The van der Waals surface area contributed by atoms with Crippen LogP contribution in [0, 0.1) is 5.92 Å². The first-order valence-corrected chi connectivity index (χ1v) is 7.16. The molecule has 1 saturated heterocycles. The average Bonchev–Trinajstić information content (AvgIpc) is 2.78. The second-order valence-corrected chi connectivity index (χ2v) is 5.58. The minimum absolute atomic E-state index is 0.180. The molecule has 1 N–H and O–H groups in total. The zero-order chi connectivity index (χ0) is 12.3. The number of hydrogen-bond acceptors (Lipinski definition) is 2. The summed E-state index contributed by atoms with van der Waals surface area (Å²) in [5.74, 6) is 0.548. The molecular formula is C13H17BrClNO. The van der Waals surface area contributed by atoms with E-state index >= 15 is 0 Å². The smallest absolute Gasteiger partial charge is 0.0866 e. The Kier molecular flexibility index (Phi) is 4.86. The summed E-state index contributed by atoms with van der Waals surface area (Å²) < 4.78 is 6.76. The molecule has 0 bridgehead atoms. The van der Waals surface area contributed by atoms with Gasteiger partial charge in [-0.2, -0.15) is 0 Å². The van der Waals surface area contributed by atoms with Crippen LogP contribution in [-0.2, 0) is 4.74 Å². The Morgan fingerprint density at radius 3 is 3.06 bits per heavy atom. The van der Waals surface area contributed by atoms with Crippen molar-refractivity contribution < 1.29 is 4.74 Å². The van der Waals surface area contributed by atoms with Crippen LogP contribution < -0.4 is 5.32 Å². The Bertz CT molecular complexity index is 386. The minimum Gasteiger partial charge on any atom is -0.373 e. The van der Waals surface area contributed by atoms with Crippen LogP contribution in [0.2, 0.25) is 5.02 Å². The molecule has 1 fully saturated rings. The topological polar surface area (TPSA) is 21.3 Å². The largest absolute Gasteiger partial charge is 0.373 e. The number of ether oxygens (including phenoxy) is 1. The summed E-state index contributed by atoms with van der Waals surface area (Å²) in [5, 5.41) is 4.14. The maximum absolute atomic E-state index is 6.13. The predicted octanol–water partition coefficient (Wildman–Crippen LogP) is 3.79.